The molecule has 2 N–H and O–H groups in total. The van der Waals surface area contributed by atoms with E-state index in [-0.39, 0.29) is 6.42 Å². The quantitative estimate of drug-likeness (QED) is 0.605. The minimum absolute atomic E-state index is 0.00181. The molecule has 11 heavy (non-hydrogen) atoms. The SMILES string of the molecule is O=C(O)CC1=CNC=CN=C1. The van der Waals surface area contributed by atoms with Gasteiger partial charge in [0.2, 0.25) is 0 Å². The van der Waals surface area contributed by atoms with Gasteiger partial charge in [0.1, 0.15) is 0 Å². The number of carbonyl (C=O) groups is 1. The Morgan fingerprint density at radius 3 is 3.27 bits per heavy atom. The van der Waals surface area contributed by atoms with Crippen molar-refractivity contribution in [3.05, 3.63) is 24.2 Å². The summed E-state index contributed by atoms with van der Waals surface area (Å²) in [6.07, 6.45) is 6.32. The Hall–Kier alpha value is -1.58. The van der Waals surface area contributed by atoms with Gasteiger partial charge in [0.15, 0.2) is 0 Å². The van der Waals surface area contributed by atoms with E-state index in [9.17, 15) is 4.79 Å². The first kappa shape index (κ1) is 7.53. The number of rotatable bonds is 2. The van der Waals surface area contributed by atoms with Crippen molar-refractivity contribution < 1.29 is 9.90 Å². The number of nitrogens with one attached hydrogen (secondary N) is 1. The summed E-state index contributed by atoms with van der Waals surface area (Å²) in [6, 6.07) is 0. The molecule has 0 saturated carbocycles. The third kappa shape index (κ3) is 2.66. The molecule has 0 aromatic carbocycles. The van der Waals surface area contributed by atoms with E-state index in [0.717, 1.165) is 0 Å². The Kier molecular flexibility index (Phi) is 2.43. The van der Waals surface area contributed by atoms with Crippen LogP contribution in [0.2, 0.25) is 0 Å². The van der Waals surface area contributed by atoms with Crippen molar-refractivity contribution in [3.8, 4) is 0 Å². The average Bonchev–Trinajstić information content (AvgIpc) is 2.14. The highest BCUT2D eigenvalue weighted by Crippen LogP contribution is 1.98. The maximum Gasteiger partial charge on any atom is 0.307 e. The summed E-state index contributed by atoms with van der Waals surface area (Å²) < 4.78 is 0. The first-order valence-corrected chi connectivity index (χ1v) is 3.14. The van der Waals surface area contributed by atoms with E-state index in [2.05, 4.69) is 10.3 Å². The predicted octanol–water partition coefficient (Wildman–Crippen LogP) is 0.490. The lowest BCUT2D eigenvalue weighted by molar-refractivity contribution is -0.136. The lowest BCUT2D eigenvalue weighted by atomic mass is 10.2. The molecule has 0 spiro atoms. The number of carboxylic acid groups (broad SMARTS) is 1. The minimum atomic E-state index is -0.855. The van der Waals surface area contributed by atoms with Crippen LogP contribution in [0.4, 0.5) is 0 Å². The molecule has 4 nitrogen and oxygen atoms in total. The van der Waals surface area contributed by atoms with Crippen molar-refractivity contribution in [1.82, 2.24) is 5.32 Å². The van der Waals surface area contributed by atoms with E-state index < -0.39 is 5.97 Å². The Morgan fingerprint density at radius 1 is 1.73 bits per heavy atom. The van der Waals surface area contributed by atoms with Crippen molar-refractivity contribution in [2.24, 2.45) is 4.99 Å². The molecular formula is C7H8N2O2. The normalized spacial score (nSPS) is 15.1. The molecule has 4 heteroatoms. The second kappa shape index (κ2) is 3.55. The zero-order valence-electron chi connectivity index (χ0n) is 5.82. The molecule has 0 aromatic heterocycles. The molecule has 0 bridgehead atoms. The van der Waals surface area contributed by atoms with Gasteiger partial charge in [0.05, 0.1) is 6.42 Å². The van der Waals surface area contributed by atoms with E-state index in [0.29, 0.717) is 5.57 Å². The summed E-state index contributed by atoms with van der Waals surface area (Å²) in [5.74, 6) is -0.855. The van der Waals surface area contributed by atoms with Crippen LogP contribution in [0.3, 0.4) is 0 Å². The molecule has 1 aliphatic heterocycles. The van der Waals surface area contributed by atoms with E-state index in [1.165, 1.54) is 6.21 Å². The van der Waals surface area contributed by atoms with Crippen LogP contribution in [0.1, 0.15) is 6.42 Å². The van der Waals surface area contributed by atoms with Crippen LogP contribution >= 0.6 is 0 Å². The number of carboxylic acids is 1. The van der Waals surface area contributed by atoms with Crippen molar-refractivity contribution in [3.63, 3.8) is 0 Å². The second-order valence-corrected chi connectivity index (χ2v) is 2.05. The third-order valence-electron chi connectivity index (χ3n) is 1.12. The highest BCUT2D eigenvalue weighted by atomic mass is 16.4. The Labute approximate surface area is 63.9 Å². The van der Waals surface area contributed by atoms with E-state index in [4.69, 9.17) is 5.11 Å². The topological polar surface area (TPSA) is 61.7 Å². The monoisotopic (exact) mass is 152 g/mol. The van der Waals surface area contributed by atoms with E-state index >= 15 is 0 Å². The highest BCUT2D eigenvalue weighted by molar-refractivity contribution is 5.86. The molecule has 0 amide bonds. The molecule has 1 rings (SSSR count). The van der Waals surface area contributed by atoms with Gasteiger partial charge >= 0.3 is 5.97 Å². The first-order chi connectivity index (χ1) is 5.29. The number of hydrogen-bond acceptors (Lipinski definition) is 3. The maximum absolute atomic E-state index is 10.2. The average molecular weight is 152 g/mol. The fourth-order valence-electron chi connectivity index (χ4n) is 0.689. The highest BCUT2D eigenvalue weighted by Gasteiger charge is 2.00. The van der Waals surface area contributed by atoms with Gasteiger partial charge < -0.3 is 10.4 Å². The van der Waals surface area contributed by atoms with Crippen molar-refractivity contribution in [1.29, 1.82) is 0 Å². The van der Waals surface area contributed by atoms with Crippen LogP contribution < -0.4 is 5.32 Å². The molecular weight excluding hydrogens is 144 g/mol. The molecule has 58 valence electrons. The van der Waals surface area contributed by atoms with Crippen LogP contribution in [0.25, 0.3) is 0 Å². The smallest absolute Gasteiger partial charge is 0.307 e. The number of aliphatic imine (C=N–C) groups is 1. The standard InChI is InChI=1S/C7H8N2O2/c10-7(11)3-6-4-8-1-2-9-5-6/h1-2,4-5,8H,3H2,(H,10,11). The van der Waals surface area contributed by atoms with Gasteiger partial charge in [-0.25, -0.2) is 0 Å². The van der Waals surface area contributed by atoms with Gasteiger partial charge in [-0.15, -0.1) is 0 Å². The predicted molar refractivity (Wildman–Crippen MR) is 41.1 cm³/mol. The third-order valence-corrected chi connectivity index (χ3v) is 1.12. The summed E-state index contributed by atoms with van der Waals surface area (Å²) in [5.41, 5.74) is 0.655. The molecule has 1 aliphatic rings. The van der Waals surface area contributed by atoms with Gasteiger partial charge in [-0.1, -0.05) is 0 Å². The second-order valence-electron chi connectivity index (χ2n) is 2.05. The summed E-state index contributed by atoms with van der Waals surface area (Å²) in [7, 11) is 0. The fourth-order valence-corrected chi connectivity index (χ4v) is 0.689. The van der Waals surface area contributed by atoms with Crippen LogP contribution in [0, 0.1) is 0 Å². The van der Waals surface area contributed by atoms with Crippen molar-refractivity contribution in [2.45, 2.75) is 6.42 Å². The fraction of sp³-hybridized carbons (Fsp3) is 0.143. The lowest BCUT2D eigenvalue weighted by Crippen LogP contribution is -2.01. The summed E-state index contributed by atoms with van der Waals surface area (Å²) in [6.45, 7) is 0. The lowest BCUT2D eigenvalue weighted by Gasteiger charge is -1.93. The van der Waals surface area contributed by atoms with Gasteiger partial charge in [-0.3, -0.25) is 9.79 Å². The molecule has 0 aliphatic carbocycles. The van der Waals surface area contributed by atoms with Crippen molar-refractivity contribution >= 4 is 12.2 Å². The molecule has 0 saturated heterocycles. The molecule has 1 heterocycles. The Morgan fingerprint density at radius 2 is 2.55 bits per heavy atom. The van der Waals surface area contributed by atoms with Crippen LogP contribution in [-0.4, -0.2) is 17.3 Å². The molecule has 0 aromatic rings. The number of nitrogens with zero attached hydrogens (tertiary/aromatic N) is 1. The molecule has 0 fully saturated rings. The first-order valence-electron chi connectivity index (χ1n) is 3.14. The van der Waals surface area contributed by atoms with Crippen LogP contribution in [0.5, 0.6) is 0 Å². The van der Waals surface area contributed by atoms with Gasteiger partial charge in [0.25, 0.3) is 0 Å². The van der Waals surface area contributed by atoms with Gasteiger partial charge in [-0.2, -0.15) is 0 Å². The summed E-state index contributed by atoms with van der Waals surface area (Å²) in [4.78, 5) is 14.0. The maximum atomic E-state index is 10.2. The zero-order valence-corrected chi connectivity index (χ0v) is 5.82. The Balaban J connectivity index is 2.58. The van der Waals surface area contributed by atoms with Crippen molar-refractivity contribution in [2.75, 3.05) is 0 Å². The largest absolute Gasteiger partial charge is 0.481 e. The molecule has 0 radical (unpaired) electrons. The summed E-state index contributed by atoms with van der Waals surface area (Å²) >= 11 is 0. The van der Waals surface area contributed by atoms with E-state index in [1.807, 2.05) is 0 Å². The minimum Gasteiger partial charge on any atom is -0.481 e. The Bertz CT molecular complexity index is 241. The van der Waals surface area contributed by atoms with E-state index in [1.54, 1.807) is 18.6 Å². The molecule has 0 unspecified atom stereocenters. The van der Waals surface area contributed by atoms with Gasteiger partial charge in [0, 0.05) is 24.8 Å². The number of aliphatic carboxylic acids is 1. The molecule has 0 atom stereocenters. The zero-order chi connectivity index (χ0) is 8.10. The van der Waals surface area contributed by atoms with Crippen LogP contribution in [0.15, 0.2) is 29.2 Å². The number of hydrogen-bond donors (Lipinski definition) is 2. The summed E-state index contributed by atoms with van der Waals surface area (Å²) in [5, 5.41) is 11.2. The van der Waals surface area contributed by atoms with Gasteiger partial charge in [-0.05, 0) is 5.57 Å². The van der Waals surface area contributed by atoms with Crippen LogP contribution in [-0.2, 0) is 4.79 Å².